The highest BCUT2D eigenvalue weighted by Crippen LogP contribution is 2.42. The Balaban J connectivity index is 2.11. The summed E-state index contributed by atoms with van der Waals surface area (Å²) in [5.74, 6) is 0. The van der Waals surface area contributed by atoms with Gasteiger partial charge in [0.05, 0.1) is 18.2 Å². The number of hydrogen-bond acceptors (Lipinski definition) is 5. The number of morpholine rings is 1. The van der Waals surface area contributed by atoms with E-state index >= 15 is 0 Å². The van der Waals surface area contributed by atoms with Crippen LogP contribution in [0.4, 0.5) is 5.00 Å². The molecule has 2 heterocycles. The number of nitriles is 2. The highest BCUT2D eigenvalue weighted by atomic mass is 32.1. The number of rotatable bonds is 3. The van der Waals surface area contributed by atoms with E-state index in [9.17, 15) is 0 Å². The molecule has 4 nitrogen and oxygen atoms in total. The Labute approximate surface area is 145 Å². The van der Waals surface area contributed by atoms with E-state index in [1.165, 1.54) is 5.00 Å². The number of hydrogen-bond donors (Lipinski definition) is 0. The van der Waals surface area contributed by atoms with Gasteiger partial charge < -0.3 is 9.64 Å². The Kier molecular flexibility index (Phi) is 4.96. The fourth-order valence-electron chi connectivity index (χ4n) is 2.71. The van der Waals surface area contributed by atoms with Crippen LogP contribution in [0.3, 0.4) is 0 Å². The quantitative estimate of drug-likeness (QED) is 0.793. The molecule has 3 rings (SSSR count). The summed E-state index contributed by atoms with van der Waals surface area (Å²) >= 11 is 1.64. The lowest BCUT2D eigenvalue weighted by molar-refractivity contribution is 0.123. The van der Waals surface area contributed by atoms with Crippen LogP contribution in [0, 0.1) is 22.7 Å². The largest absolute Gasteiger partial charge is 0.378 e. The second-order valence-corrected chi connectivity index (χ2v) is 6.55. The first kappa shape index (κ1) is 16.3. The monoisotopic (exact) mass is 335 g/mol. The number of nitrogens with zero attached hydrogens (tertiary/aromatic N) is 3. The molecule has 0 saturated carbocycles. The van der Waals surface area contributed by atoms with Crippen LogP contribution in [0.2, 0.25) is 0 Å². The van der Waals surface area contributed by atoms with Crippen LogP contribution in [-0.4, -0.2) is 26.3 Å². The molecule has 0 spiro atoms. The van der Waals surface area contributed by atoms with Gasteiger partial charge in [0, 0.05) is 23.5 Å². The molecule has 1 aromatic carbocycles. The molecule has 0 radical (unpaired) electrons. The SMILES string of the molecule is CC(=C(C#N)C#N)c1cc(-c2ccccc2)c(N2CCOCC2)s1. The van der Waals surface area contributed by atoms with Crippen molar-refractivity contribution in [1.29, 1.82) is 10.5 Å². The second kappa shape index (κ2) is 7.31. The maximum absolute atomic E-state index is 9.15. The molecule has 5 heteroatoms. The maximum atomic E-state index is 9.15. The van der Waals surface area contributed by atoms with E-state index in [-0.39, 0.29) is 5.57 Å². The number of allylic oxidation sites excluding steroid dienone is 2. The summed E-state index contributed by atoms with van der Waals surface area (Å²) in [5.41, 5.74) is 3.20. The summed E-state index contributed by atoms with van der Waals surface area (Å²) in [5, 5.41) is 19.5. The Hall–Kier alpha value is -2.60. The Morgan fingerprint density at radius 2 is 1.79 bits per heavy atom. The van der Waals surface area contributed by atoms with Crippen molar-refractivity contribution in [3.05, 3.63) is 46.8 Å². The molecule has 0 atom stereocenters. The highest BCUT2D eigenvalue weighted by molar-refractivity contribution is 7.17. The minimum absolute atomic E-state index is 0.171. The molecule has 2 aromatic rings. The first-order valence-corrected chi connectivity index (χ1v) is 8.59. The molecule has 0 unspecified atom stereocenters. The van der Waals surface area contributed by atoms with Crippen molar-refractivity contribution in [2.45, 2.75) is 6.92 Å². The summed E-state index contributed by atoms with van der Waals surface area (Å²) in [6.07, 6.45) is 0. The van der Waals surface area contributed by atoms with E-state index in [1.807, 2.05) is 37.3 Å². The van der Waals surface area contributed by atoms with Gasteiger partial charge in [-0.2, -0.15) is 10.5 Å². The van der Waals surface area contributed by atoms with Gasteiger partial charge in [0.2, 0.25) is 0 Å². The van der Waals surface area contributed by atoms with Crippen molar-refractivity contribution in [2.75, 3.05) is 31.2 Å². The lowest BCUT2D eigenvalue weighted by Crippen LogP contribution is -2.35. The zero-order valence-electron chi connectivity index (χ0n) is 13.5. The van der Waals surface area contributed by atoms with Gasteiger partial charge in [-0.1, -0.05) is 30.3 Å². The standard InChI is InChI=1S/C19H17N3OS/c1-14(16(12-20)13-21)18-11-17(15-5-3-2-4-6-15)19(24-18)22-7-9-23-10-8-22/h2-6,11H,7-10H2,1H3. The number of thiophene rings is 1. The van der Waals surface area contributed by atoms with Gasteiger partial charge >= 0.3 is 0 Å². The summed E-state index contributed by atoms with van der Waals surface area (Å²) in [6.45, 7) is 4.99. The predicted octanol–water partition coefficient (Wildman–Crippen LogP) is 4.07. The van der Waals surface area contributed by atoms with Crippen molar-refractivity contribution >= 4 is 21.9 Å². The maximum Gasteiger partial charge on any atom is 0.133 e. The van der Waals surface area contributed by atoms with E-state index in [4.69, 9.17) is 15.3 Å². The summed E-state index contributed by atoms with van der Waals surface area (Å²) in [6, 6.07) is 16.3. The number of anilines is 1. The van der Waals surface area contributed by atoms with Gasteiger partial charge in [-0.05, 0) is 24.1 Å². The van der Waals surface area contributed by atoms with E-state index in [2.05, 4.69) is 23.1 Å². The molecule has 0 N–H and O–H groups in total. The molecule has 24 heavy (non-hydrogen) atoms. The molecule has 120 valence electrons. The van der Waals surface area contributed by atoms with Crippen LogP contribution in [-0.2, 0) is 4.74 Å². The first-order chi connectivity index (χ1) is 11.7. The number of benzene rings is 1. The van der Waals surface area contributed by atoms with Crippen LogP contribution < -0.4 is 4.90 Å². The molecule has 1 fully saturated rings. The van der Waals surface area contributed by atoms with Crippen LogP contribution in [0.5, 0.6) is 0 Å². The van der Waals surface area contributed by atoms with Crippen LogP contribution in [0.1, 0.15) is 11.8 Å². The number of ether oxygens (including phenoxy) is 1. The topological polar surface area (TPSA) is 60.0 Å². The minimum Gasteiger partial charge on any atom is -0.378 e. The zero-order chi connectivity index (χ0) is 16.9. The van der Waals surface area contributed by atoms with Crippen molar-refractivity contribution in [3.63, 3.8) is 0 Å². The van der Waals surface area contributed by atoms with E-state index < -0.39 is 0 Å². The Morgan fingerprint density at radius 1 is 1.12 bits per heavy atom. The summed E-state index contributed by atoms with van der Waals surface area (Å²) in [7, 11) is 0. The van der Waals surface area contributed by atoms with Gasteiger partial charge in [0.25, 0.3) is 0 Å². The molecule has 1 saturated heterocycles. The van der Waals surface area contributed by atoms with Gasteiger partial charge in [-0.3, -0.25) is 0 Å². The fourth-order valence-corrected chi connectivity index (χ4v) is 3.95. The van der Waals surface area contributed by atoms with Gasteiger partial charge in [0.15, 0.2) is 0 Å². The van der Waals surface area contributed by atoms with Crippen molar-refractivity contribution in [2.24, 2.45) is 0 Å². The van der Waals surface area contributed by atoms with Crippen LogP contribution in [0.15, 0.2) is 42.0 Å². The lowest BCUT2D eigenvalue weighted by Gasteiger charge is -2.28. The van der Waals surface area contributed by atoms with E-state index in [0.717, 1.165) is 47.9 Å². The molecule has 1 aromatic heterocycles. The van der Waals surface area contributed by atoms with Gasteiger partial charge in [-0.25, -0.2) is 0 Å². The molecule has 0 aliphatic carbocycles. The Bertz CT molecular complexity index is 818. The first-order valence-electron chi connectivity index (χ1n) is 7.78. The smallest absolute Gasteiger partial charge is 0.133 e. The molecule has 1 aliphatic heterocycles. The summed E-state index contributed by atoms with van der Waals surface area (Å²) < 4.78 is 5.46. The fraction of sp³-hybridized carbons (Fsp3) is 0.263. The average Bonchev–Trinajstić information content (AvgIpc) is 3.09. The van der Waals surface area contributed by atoms with Crippen LogP contribution >= 0.6 is 11.3 Å². The Morgan fingerprint density at radius 3 is 2.42 bits per heavy atom. The summed E-state index contributed by atoms with van der Waals surface area (Å²) in [4.78, 5) is 3.29. The molecular formula is C19H17N3OS. The molecule has 0 bridgehead atoms. The highest BCUT2D eigenvalue weighted by Gasteiger charge is 2.20. The van der Waals surface area contributed by atoms with Crippen molar-refractivity contribution < 1.29 is 4.74 Å². The third-order valence-corrected chi connectivity index (χ3v) is 5.38. The second-order valence-electron chi connectivity index (χ2n) is 5.52. The van der Waals surface area contributed by atoms with Crippen LogP contribution in [0.25, 0.3) is 16.7 Å². The lowest BCUT2D eigenvalue weighted by atomic mass is 10.1. The van der Waals surface area contributed by atoms with Crippen molar-refractivity contribution in [3.8, 4) is 23.3 Å². The zero-order valence-corrected chi connectivity index (χ0v) is 14.3. The minimum atomic E-state index is 0.171. The van der Waals surface area contributed by atoms with E-state index in [1.54, 1.807) is 11.3 Å². The van der Waals surface area contributed by atoms with Crippen molar-refractivity contribution in [1.82, 2.24) is 0 Å². The predicted molar refractivity (Wildman–Crippen MR) is 96.6 cm³/mol. The third kappa shape index (κ3) is 3.19. The molecule has 0 amide bonds. The normalized spacial score (nSPS) is 13.9. The van der Waals surface area contributed by atoms with Gasteiger partial charge in [0.1, 0.15) is 17.7 Å². The molecular weight excluding hydrogens is 318 g/mol. The molecule has 1 aliphatic rings. The van der Waals surface area contributed by atoms with E-state index in [0.29, 0.717) is 0 Å². The average molecular weight is 335 g/mol. The third-order valence-electron chi connectivity index (χ3n) is 4.06. The van der Waals surface area contributed by atoms with Gasteiger partial charge in [-0.15, -0.1) is 11.3 Å².